The summed E-state index contributed by atoms with van der Waals surface area (Å²) >= 11 is 0. The molecule has 0 aromatic carbocycles. The van der Waals surface area contributed by atoms with Crippen LogP contribution in [0.3, 0.4) is 0 Å². The van der Waals surface area contributed by atoms with Crippen LogP contribution in [0.1, 0.15) is 24.6 Å². The van der Waals surface area contributed by atoms with E-state index in [2.05, 4.69) is 18.5 Å². The van der Waals surface area contributed by atoms with Gasteiger partial charge in [0, 0.05) is 31.7 Å². The fourth-order valence-electron chi connectivity index (χ4n) is 1.80. The Balaban J connectivity index is 2.98. The van der Waals surface area contributed by atoms with Crippen molar-refractivity contribution in [2.75, 3.05) is 14.2 Å². The average Bonchev–Trinajstić information content (AvgIpc) is 2.31. The Kier molecular flexibility index (Phi) is 4.44. The fraction of sp³-hybridized carbons (Fsp3) is 0.545. The van der Waals surface area contributed by atoms with Crippen molar-refractivity contribution in [3.63, 3.8) is 0 Å². The number of nitrogens with zero attached hydrogens (tertiary/aromatic N) is 1. The first-order valence-electron chi connectivity index (χ1n) is 5.19. The maximum atomic E-state index is 5.57. The zero-order chi connectivity index (χ0) is 11.3. The quantitative estimate of drug-likeness (QED) is 0.721. The minimum atomic E-state index is -2.13. The summed E-state index contributed by atoms with van der Waals surface area (Å²) in [7, 11) is 1.32. The Morgan fingerprint density at radius 3 is 2.40 bits per heavy atom. The van der Waals surface area contributed by atoms with Gasteiger partial charge in [0.05, 0.1) is 0 Å². The first-order chi connectivity index (χ1) is 7.18. The number of hydrogen-bond acceptors (Lipinski definition) is 3. The van der Waals surface area contributed by atoms with E-state index in [1.165, 1.54) is 0 Å². The van der Waals surface area contributed by atoms with Gasteiger partial charge in [0.2, 0.25) is 0 Å². The zero-order valence-corrected chi connectivity index (χ0v) is 10.9. The highest BCUT2D eigenvalue weighted by atomic mass is 28.4. The minimum Gasteiger partial charge on any atom is -0.397 e. The minimum absolute atomic E-state index is 0.286. The second-order valence-corrected chi connectivity index (χ2v) is 7.18. The maximum Gasteiger partial charge on any atom is 0.343 e. The number of pyridine rings is 1. The highest BCUT2D eigenvalue weighted by Gasteiger charge is 2.40. The zero-order valence-electron chi connectivity index (χ0n) is 9.86. The normalized spacial score (nSPS) is 13.9. The molecule has 0 aliphatic rings. The van der Waals surface area contributed by atoms with Gasteiger partial charge in [0.15, 0.2) is 0 Å². The lowest BCUT2D eigenvalue weighted by molar-refractivity contribution is 0.235. The number of aromatic nitrogens is 1. The van der Waals surface area contributed by atoms with Crippen LogP contribution >= 0.6 is 0 Å². The van der Waals surface area contributed by atoms with Crippen LogP contribution in [-0.4, -0.2) is 27.8 Å². The lowest BCUT2D eigenvalue weighted by atomic mass is 10.2. The number of rotatable bonds is 5. The van der Waals surface area contributed by atoms with Crippen LogP contribution in [0.15, 0.2) is 24.4 Å². The Bertz CT molecular complexity index is 288. The van der Waals surface area contributed by atoms with Crippen molar-refractivity contribution in [2.45, 2.75) is 25.4 Å². The Morgan fingerprint density at radius 1 is 1.33 bits per heavy atom. The van der Waals surface area contributed by atoms with Crippen LogP contribution in [0.2, 0.25) is 6.55 Å². The lowest BCUT2D eigenvalue weighted by Gasteiger charge is -2.30. The van der Waals surface area contributed by atoms with Gasteiger partial charge in [-0.25, -0.2) is 0 Å². The molecule has 0 spiro atoms. The molecule has 4 heteroatoms. The molecular formula is C11H19NO2Si. The maximum absolute atomic E-state index is 5.57. The summed E-state index contributed by atoms with van der Waals surface area (Å²) in [5.41, 5.74) is 1.35. The largest absolute Gasteiger partial charge is 0.397 e. The van der Waals surface area contributed by atoms with Crippen LogP contribution in [-0.2, 0) is 8.85 Å². The molecule has 0 N–H and O–H groups in total. The summed E-state index contributed by atoms with van der Waals surface area (Å²) in [6, 6.07) is 5.97. The molecule has 1 unspecified atom stereocenters. The molecule has 0 aliphatic carbocycles. The second-order valence-electron chi connectivity index (χ2n) is 3.64. The van der Waals surface area contributed by atoms with E-state index in [1.807, 2.05) is 24.4 Å². The molecule has 0 aliphatic heterocycles. The van der Waals surface area contributed by atoms with Gasteiger partial charge in [-0.1, -0.05) is 13.0 Å². The number of hydrogen-bond donors (Lipinski definition) is 0. The SMILES string of the molecule is CCC(c1ccccn1)[Si](C)(OC)OC. The van der Waals surface area contributed by atoms with Crippen molar-refractivity contribution in [1.82, 2.24) is 4.98 Å². The predicted molar refractivity (Wildman–Crippen MR) is 62.9 cm³/mol. The monoisotopic (exact) mass is 225 g/mol. The molecule has 0 fully saturated rings. The van der Waals surface area contributed by atoms with E-state index >= 15 is 0 Å². The fourth-order valence-corrected chi connectivity index (χ4v) is 3.98. The molecule has 1 aromatic rings. The van der Waals surface area contributed by atoms with E-state index in [9.17, 15) is 0 Å². The Morgan fingerprint density at radius 2 is 2.00 bits per heavy atom. The van der Waals surface area contributed by atoms with E-state index in [-0.39, 0.29) is 5.54 Å². The van der Waals surface area contributed by atoms with Crippen molar-refractivity contribution < 1.29 is 8.85 Å². The van der Waals surface area contributed by atoms with Gasteiger partial charge in [0.25, 0.3) is 0 Å². The summed E-state index contributed by atoms with van der Waals surface area (Å²) < 4.78 is 11.1. The van der Waals surface area contributed by atoms with E-state index in [4.69, 9.17) is 8.85 Å². The molecule has 1 aromatic heterocycles. The van der Waals surface area contributed by atoms with Crippen LogP contribution in [0.5, 0.6) is 0 Å². The smallest absolute Gasteiger partial charge is 0.343 e. The molecule has 0 saturated carbocycles. The van der Waals surface area contributed by atoms with Crippen LogP contribution in [0.4, 0.5) is 0 Å². The van der Waals surface area contributed by atoms with Gasteiger partial charge >= 0.3 is 8.56 Å². The molecule has 3 nitrogen and oxygen atoms in total. The molecule has 0 bridgehead atoms. The second kappa shape index (κ2) is 5.39. The summed E-state index contributed by atoms with van der Waals surface area (Å²) in [6.45, 7) is 4.22. The van der Waals surface area contributed by atoms with Crippen molar-refractivity contribution in [3.05, 3.63) is 30.1 Å². The molecule has 1 atom stereocenters. The standard InChI is InChI=1S/C11H19NO2Si/c1-5-11(15(4,13-2)14-3)10-8-6-7-9-12-10/h6-9,11H,5H2,1-4H3. The van der Waals surface area contributed by atoms with Crippen molar-refractivity contribution in [2.24, 2.45) is 0 Å². The van der Waals surface area contributed by atoms with E-state index < -0.39 is 8.56 Å². The molecule has 0 saturated heterocycles. The molecule has 0 radical (unpaired) electrons. The van der Waals surface area contributed by atoms with Crippen molar-refractivity contribution in [3.8, 4) is 0 Å². The van der Waals surface area contributed by atoms with E-state index in [0.29, 0.717) is 0 Å². The topological polar surface area (TPSA) is 31.4 Å². The first kappa shape index (κ1) is 12.4. The summed E-state index contributed by atoms with van der Waals surface area (Å²) in [5.74, 6) is 0. The van der Waals surface area contributed by atoms with Gasteiger partial charge in [-0.15, -0.1) is 0 Å². The van der Waals surface area contributed by atoms with Crippen LogP contribution < -0.4 is 0 Å². The molecule has 1 rings (SSSR count). The molecule has 0 amide bonds. The van der Waals surface area contributed by atoms with Gasteiger partial charge in [-0.05, 0) is 25.1 Å². The molecule has 15 heavy (non-hydrogen) atoms. The van der Waals surface area contributed by atoms with Crippen LogP contribution in [0.25, 0.3) is 0 Å². The van der Waals surface area contributed by atoms with Gasteiger partial charge in [-0.3, -0.25) is 4.98 Å². The predicted octanol–water partition coefficient (Wildman–Crippen LogP) is 2.48. The third kappa shape index (κ3) is 2.65. The van der Waals surface area contributed by atoms with Gasteiger partial charge in [0.1, 0.15) is 0 Å². The highest BCUT2D eigenvalue weighted by Crippen LogP contribution is 2.29. The van der Waals surface area contributed by atoms with E-state index in [1.54, 1.807) is 14.2 Å². The highest BCUT2D eigenvalue weighted by molar-refractivity contribution is 6.67. The molecule has 84 valence electrons. The third-order valence-corrected chi connectivity index (χ3v) is 6.49. The summed E-state index contributed by atoms with van der Waals surface area (Å²) in [4.78, 5) is 4.39. The van der Waals surface area contributed by atoms with Gasteiger partial charge in [-0.2, -0.15) is 0 Å². The summed E-state index contributed by atoms with van der Waals surface area (Å²) in [5, 5.41) is 0. The van der Waals surface area contributed by atoms with Gasteiger partial charge < -0.3 is 8.85 Å². The molecule has 1 heterocycles. The first-order valence-corrected chi connectivity index (χ1v) is 7.58. The van der Waals surface area contributed by atoms with Crippen LogP contribution in [0, 0.1) is 0 Å². The van der Waals surface area contributed by atoms with E-state index in [0.717, 1.165) is 12.1 Å². The lowest BCUT2D eigenvalue weighted by Crippen LogP contribution is -2.43. The Hall–Kier alpha value is -0.713. The average molecular weight is 225 g/mol. The third-order valence-electron chi connectivity index (χ3n) is 2.90. The van der Waals surface area contributed by atoms with Crippen molar-refractivity contribution >= 4 is 8.56 Å². The summed E-state index contributed by atoms with van der Waals surface area (Å²) in [6.07, 6.45) is 2.81. The Labute approximate surface area is 92.7 Å². The molecular weight excluding hydrogens is 206 g/mol. The van der Waals surface area contributed by atoms with Crippen molar-refractivity contribution in [1.29, 1.82) is 0 Å².